The van der Waals surface area contributed by atoms with Crippen LogP contribution in [0.2, 0.25) is 5.02 Å². The van der Waals surface area contributed by atoms with Gasteiger partial charge in [-0.25, -0.2) is 4.98 Å². The zero-order valence-electron chi connectivity index (χ0n) is 16.0. The lowest BCUT2D eigenvalue weighted by molar-refractivity contribution is -0.131. The number of carbonyl (C=O) groups is 2. The zero-order chi connectivity index (χ0) is 20.1. The minimum absolute atomic E-state index is 0.0237. The predicted octanol–water partition coefficient (Wildman–Crippen LogP) is 3.49. The molecule has 0 unspecified atom stereocenters. The van der Waals surface area contributed by atoms with E-state index in [2.05, 4.69) is 10.3 Å². The molecule has 0 radical (unpaired) electrons. The fraction of sp³-hybridized carbons (Fsp3) is 0.286. The number of amides is 2. The number of halogens is 1. The molecule has 7 heteroatoms. The summed E-state index contributed by atoms with van der Waals surface area (Å²) >= 11 is 5.96. The van der Waals surface area contributed by atoms with Gasteiger partial charge in [0.15, 0.2) is 0 Å². The van der Waals surface area contributed by atoms with Crippen molar-refractivity contribution in [2.24, 2.45) is 0 Å². The van der Waals surface area contributed by atoms with Gasteiger partial charge in [0.2, 0.25) is 5.91 Å². The summed E-state index contributed by atoms with van der Waals surface area (Å²) in [6, 6.07) is 14.4. The second-order valence-corrected chi connectivity index (χ2v) is 6.80. The number of nitrogens with zero attached hydrogens (tertiary/aromatic N) is 3. The molecule has 1 heterocycles. The molecule has 6 nitrogen and oxygen atoms in total. The van der Waals surface area contributed by atoms with Crippen LogP contribution in [-0.2, 0) is 17.9 Å². The average molecular weight is 399 g/mol. The maximum absolute atomic E-state index is 12.6. The molecular formula is C21H23ClN4O2. The lowest BCUT2D eigenvalue weighted by atomic mass is 10.2. The molecule has 0 fully saturated rings. The van der Waals surface area contributed by atoms with Gasteiger partial charge < -0.3 is 14.8 Å². The third-order valence-corrected chi connectivity index (χ3v) is 4.87. The van der Waals surface area contributed by atoms with Gasteiger partial charge in [-0.1, -0.05) is 29.8 Å². The van der Waals surface area contributed by atoms with E-state index in [0.717, 1.165) is 11.0 Å². The van der Waals surface area contributed by atoms with Crippen molar-refractivity contribution in [1.29, 1.82) is 0 Å². The van der Waals surface area contributed by atoms with Crippen LogP contribution in [0.15, 0.2) is 48.5 Å². The van der Waals surface area contributed by atoms with E-state index >= 15 is 0 Å². The van der Waals surface area contributed by atoms with Crippen LogP contribution in [0.3, 0.4) is 0 Å². The van der Waals surface area contributed by atoms with Crippen molar-refractivity contribution in [2.45, 2.75) is 26.9 Å². The van der Waals surface area contributed by atoms with E-state index in [1.165, 1.54) is 0 Å². The standard InChI is InChI=1S/C21H23ClN4O2/c1-3-25(4-2)20(27)14-26-18-11-6-5-10-17(18)24-19(26)13-23-21(28)15-8-7-9-16(22)12-15/h5-12H,3-4,13-14H2,1-2H3,(H,23,28). The Labute approximate surface area is 169 Å². The number of hydrogen-bond donors (Lipinski definition) is 1. The number of benzene rings is 2. The van der Waals surface area contributed by atoms with E-state index in [9.17, 15) is 9.59 Å². The molecule has 0 aliphatic carbocycles. The Morgan fingerprint density at radius 1 is 1.11 bits per heavy atom. The van der Waals surface area contributed by atoms with Gasteiger partial charge >= 0.3 is 0 Å². The first-order valence-electron chi connectivity index (χ1n) is 9.29. The van der Waals surface area contributed by atoms with Gasteiger partial charge in [-0.15, -0.1) is 0 Å². The highest BCUT2D eigenvalue weighted by Crippen LogP contribution is 2.17. The van der Waals surface area contributed by atoms with E-state index in [1.807, 2.05) is 42.7 Å². The molecule has 0 saturated heterocycles. The van der Waals surface area contributed by atoms with Gasteiger partial charge in [0.1, 0.15) is 12.4 Å². The van der Waals surface area contributed by atoms with Crippen LogP contribution in [0.4, 0.5) is 0 Å². The minimum atomic E-state index is -0.240. The molecule has 28 heavy (non-hydrogen) atoms. The fourth-order valence-electron chi connectivity index (χ4n) is 3.14. The van der Waals surface area contributed by atoms with Gasteiger partial charge in [-0.2, -0.15) is 0 Å². The van der Waals surface area contributed by atoms with Crippen molar-refractivity contribution < 1.29 is 9.59 Å². The molecule has 3 rings (SSSR count). The van der Waals surface area contributed by atoms with Crippen LogP contribution >= 0.6 is 11.6 Å². The summed E-state index contributed by atoms with van der Waals surface area (Å²) in [6.07, 6.45) is 0. The Morgan fingerprint density at radius 3 is 2.57 bits per heavy atom. The molecule has 146 valence electrons. The molecule has 0 atom stereocenters. The van der Waals surface area contributed by atoms with Crippen LogP contribution in [0, 0.1) is 0 Å². The lowest BCUT2D eigenvalue weighted by Gasteiger charge is -2.20. The molecule has 2 amide bonds. The number of para-hydroxylation sites is 2. The number of carbonyl (C=O) groups excluding carboxylic acids is 2. The largest absolute Gasteiger partial charge is 0.345 e. The number of nitrogens with one attached hydrogen (secondary N) is 1. The van der Waals surface area contributed by atoms with Crippen molar-refractivity contribution >= 4 is 34.4 Å². The smallest absolute Gasteiger partial charge is 0.251 e. The lowest BCUT2D eigenvalue weighted by Crippen LogP contribution is -2.34. The topological polar surface area (TPSA) is 67.2 Å². The van der Waals surface area contributed by atoms with Crippen LogP contribution in [-0.4, -0.2) is 39.4 Å². The number of aromatic nitrogens is 2. The molecule has 0 spiro atoms. The monoisotopic (exact) mass is 398 g/mol. The second-order valence-electron chi connectivity index (χ2n) is 6.36. The first-order valence-corrected chi connectivity index (χ1v) is 9.67. The van der Waals surface area contributed by atoms with Crippen LogP contribution in [0.25, 0.3) is 11.0 Å². The van der Waals surface area contributed by atoms with Gasteiger partial charge in [-0.05, 0) is 44.2 Å². The average Bonchev–Trinajstić information content (AvgIpc) is 3.04. The summed E-state index contributed by atoms with van der Waals surface area (Å²) < 4.78 is 1.87. The van der Waals surface area contributed by atoms with Crippen molar-refractivity contribution in [3.05, 3.63) is 64.9 Å². The molecular weight excluding hydrogens is 376 g/mol. The van der Waals surface area contributed by atoms with Crippen molar-refractivity contribution in [3.63, 3.8) is 0 Å². The summed E-state index contributed by atoms with van der Waals surface area (Å²) in [4.78, 5) is 31.5. The molecule has 1 N–H and O–H groups in total. The summed E-state index contributed by atoms with van der Waals surface area (Å²) in [5.41, 5.74) is 2.14. The quantitative estimate of drug-likeness (QED) is 0.662. The zero-order valence-corrected chi connectivity index (χ0v) is 16.7. The van der Waals surface area contributed by atoms with Gasteiger partial charge in [-0.3, -0.25) is 9.59 Å². The third-order valence-electron chi connectivity index (χ3n) is 4.64. The number of hydrogen-bond acceptors (Lipinski definition) is 3. The van der Waals surface area contributed by atoms with E-state index in [4.69, 9.17) is 11.6 Å². The Bertz CT molecular complexity index is 995. The van der Waals surface area contributed by atoms with Crippen LogP contribution in [0.1, 0.15) is 30.0 Å². The Balaban J connectivity index is 1.84. The maximum Gasteiger partial charge on any atom is 0.251 e. The van der Waals surface area contributed by atoms with E-state index in [0.29, 0.717) is 29.5 Å². The van der Waals surface area contributed by atoms with Crippen LogP contribution < -0.4 is 5.32 Å². The number of imidazole rings is 1. The van der Waals surface area contributed by atoms with Gasteiger partial charge in [0.25, 0.3) is 5.91 Å². The second kappa shape index (κ2) is 8.89. The molecule has 1 aromatic heterocycles. The van der Waals surface area contributed by atoms with Crippen molar-refractivity contribution in [1.82, 2.24) is 19.8 Å². The van der Waals surface area contributed by atoms with E-state index in [-0.39, 0.29) is 24.9 Å². The summed E-state index contributed by atoms with van der Waals surface area (Å²) in [5.74, 6) is 0.420. The van der Waals surface area contributed by atoms with Crippen LogP contribution in [0.5, 0.6) is 0 Å². The number of rotatable bonds is 7. The fourth-order valence-corrected chi connectivity index (χ4v) is 3.33. The van der Waals surface area contributed by atoms with Crippen molar-refractivity contribution in [2.75, 3.05) is 13.1 Å². The first-order chi connectivity index (χ1) is 13.5. The summed E-state index contributed by atoms with van der Waals surface area (Å²) in [6.45, 7) is 5.63. The van der Waals surface area contributed by atoms with Gasteiger partial charge in [0.05, 0.1) is 17.6 Å². The first kappa shape index (κ1) is 19.9. The maximum atomic E-state index is 12.6. The van der Waals surface area contributed by atoms with E-state index in [1.54, 1.807) is 29.2 Å². The molecule has 0 aliphatic rings. The Morgan fingerprint density at radius 2 is 1.86 bits per heavy atom. The van der Waals surface area contributed by atoms with E-state index < -0.39 is 0 Å². The summed E-state index contributed by atoms with van der Waals surface area (Å²) in [5, 5.41) is 3.37. The minimum Gasteiger partial charge on any atom is -0.345 e. The number of likely N-dealkylation sites (N-methyl/N-ethyl adjacent to an activating group) is 1. The predicted molar refractivity (Wildman–Crippen MR) is 110 cm³/mol. The molecule has 0 saturated carbocycles. The molecule has 0 aliphatic heterocycles. The highest BCUT2D eigenvalue weighted by Gasteiger charge is 2.17. The van der Waals surface area contributed by atoms with Gasteiger partial charge in [0, 0.05) is 23.7 Å². The Hall–Kier alpha value is -2.86. The highest BCUT2D eigenvalue weighted by atomic mass is 35.5. The Kier molecular flexibility index (Phi) is 6.31. The molecule has 3 aromatic rings. The number of fused-ring (bicyclic) bond motifs is 1. The highest BCUT2D eigenvalue weighted by molar-refractivity contribution is 6.30. The normalized spacial score (nSPS) is 10.8. The SMILES string of the molecule is CCN(CC)C(=O)Cn1c(CNC(=O)c2cccc(Cl)c2)nc2ccccc21. The molecule has 0 bridgehead atoms. The van der Waals surface area contributed by atoms with Crippen molar-refractivity contribution in [3.8, 4) is 0 Å². The third kappa shape index (κ3) is 4.34. The summed E-state index contributed by atoms with van der Waals surface area (Å²) in [7, 11) is 0. The molecule has 2 aromatic carbocycles.